The van der Waals surface area contributed by atoms with Gasteiger partial charge in [-0.2, -0.15) is 0 Å². The number of fused-ring (bicyclic) bond motifs is 3. The topological polar surface area (TPSA) is 117 Å². The van der Waals surface area contributed by atoms with Gasteiger partial charge in [-0.3, -0.25) is 0 Å². The molecule has 1 amide bonds. The molecule has 1 atom stereocenters. The fourth-order valence-corrected chi connectivity index (χ4v) is 4.08. The Balaban J connectivity index is 1.55. The number of hydrogen-bond donors (Lipinski definition) is 1. The number of carboxylic acid groups (broad SMARTS) is 1. The van der Waals surface area contributed by atoms with E-state index in [1.807, 2.05) is 0 Å². The molecule has 5 rings (SSSR count). The quantitative estimate of drug-likeness (QED) is 0.768. The van der Waals surface area contributed by atoms with Gasteiger partial charge in [-0.05, 0) is 0 Å². The van der Waals surface area contributed by atoms with E-state index in [4.69, 9.17) is 24.5 Å². The minimum atomic E-state index is -1.12. The molecule has 3 aliphatic rings. The lowest BCUT2D eigenvalue weighted by Gasteiger charge is -2.31. The van der Waals surface area contributed by atoms with E-state index in [2.05, 4.69) is 19.8 Å². The predicted octanol–water partition coefficient (Wildman–Crippen LogP) is 0.646. The SMILES string of the molecule is CN(C(=O)O)c1ncc(-c2nc(N3CCOCC3)c3c(n2)N2CCOC[C@@H]2C3)cn1. The first-order chi connectivity index (χ1) is 14.6. The minimum absolute atomic E-state index is 0.106. The molecule has 0 radical (unpaired) electrons. The maximum atomic E-state index is 11.1. The molecule has 3 aliphatic heterocycles. The number of carbonyl (C=O) groups is 1. The number of amides is 1. The van der Waals surface area contributed by atoms with Crippen molar-refractivity contribution in [1.29, 1.82) is 0 Å². The second kappa shape index (κ2) is 7.65. The van der Waals surface area contributed by atoms with Crippen LogP contribution in [0.15, 0.2) is 12.4 Å². The average molecular weight is 413 g/mol. The van der Waals surface area contributed by atoms with E-state index in [0.29, 0.717) is 37.8 Å². The summed E-state index contributed by atoms with van der Waals surface area (Å²) in [5.74, 6) is 2.52. The largest absolute Gasteiger partial charge is 0.465 e. The number of anilines is 3. The van der Waals surface area contributed by atoms with E-state index in [1.54, 1.807) is 12.4 Å². The monoisotopic (exact) mass is 413 g/mol. The summed E-state index contributed by atoms with van der Waals surface area (Å²) < 4.78 is 11.2. The summed E-state index contributed by atoms with van der Waals surface area (Å²) in [6.07, 6.45) is 2.88. The first kappa shape index (κ1) is 18.9. The molecule has 2 aromatic heterocycles. The van der Waals surface area contributed by atoms with Crippen LogP contribution in [0.1, 0.15) is 5.56 Å². The smallest absolute Gasteiger partial charge is 0.413 e. The average Bonchev–Trinajstić information content (AvgIpc) is 3.17. The zero-order valence-electron chi connectivity index (χ0n) is 16.7. The first-order valence-electron chi connectivity index (χ1n) is 9.99. The summed E-state index contributed by atoms with van der Waals surface area (Å²) in [4.78, 5) is 34.8. The maximum absolute atomic E-state index is 11.1. The first-order valence-corrected chi connectivity index (χ1v) is 9.99. The van der Waals surface area contributed by atoms with Crippen molar-refractivity contribution >= 4 is 23.7 Å². The van der Waals surface area contributed by atoms with Gasteiger partial charge in [0.2, 0.25) is 5.95 Å². The summed E-state index contributed by atoms with van der Waals surface area (Å²) in [5, 5.41) is 9.11. The van der Waals surface area contributed by atoms with Gasteiger partial charge in [0.1, 0.15) is 11.6 Å². The Kier molecular flexibility index (Phi) is 4.83. The molecule has 0 bridgehead atoms. The number of ether oxygens (including phenoxy) is 2. The standard InChI is InChI=1S/C19H23N7O4/c1-24(19(27)28)18-20-9-12(10-21-18)15-22-16(25-2-5-29-6-3-25)14-8-13-11-30-7-4-26(13)17(14)23-15/h9-10,13H,2-8,11H2,1H3,(H,27,28)/t13-/m0/s1. The molecule has 0 saturated carbocycles. The third-order valence-corrected chi connectivity index (χ3v) is 5.70. The zero-order chi connectivity index (χ0) is 20.7. The summed E-state index contributed by atoms with van der Waals surface area (Å²) in [6.45, 7) is 5.07. The number of rotatable bonds is 3. The zero-order valence-corrected chi connectivity index (χ0v) is 16.7. The van der Waals surface area contributed by atoms with Crippen LogP contribution in [0.4, 0.5) is 22.4 Å². The van der Waals surface area contributed by atoms with E-state index in [1.165, 1.54) is 7.05 Å². The lowest BCUT2D eigenvalue weighted by atomic mass is 10.1. The number of aromatic nitrogens is 4. The second-order valence-corrected chi connectivity index (χ2v) is 7.51. The molecule has 0 aliphatic carbocycles. The van der Waals surface area contributed by atoms with Crippen LogP contribution in [0, 0.1) is 0 Å². The van der Waals surface area contributed by atoms with Gasteiger partial charge in [0, 0.05) is 51.1 Å². The molecule has 1 N–H and O–H groups in total. The molecule has 11 heteroatoms. The van der Waals surface area contributed by atoms with Crippen molar-refractivity contribution in [3.05, 3.63) is 18.0 Å². The second-order valence-electron chi connectivity index (χ2n) is 7.51. The summed E-state index contributed by atoms with van der Waals surface area (Å²) >= 11 is 0. The highest BCUT2D eigenvalue weighted by atomic mass is 16.5. The van der Waals surface area contributed by atoms with Gasteiger partial charge < -0.3 is 24.4 Å². The molecule has 0 spiro atoms. The molecular formula is C19H23N7O4. The maximum Gasteiger partial charge on any atom is 0.413 e. The number of hydrogen-bond acceptors (Lipinski definition) is 9. The van der Waals surface area contributed by atoms with Gasteiger partial charge in [-0.15, -0.1) is 0 Å². The fraction of sp³-hybridized carbons (Fsp3) is 0.526. The van der Waals surface area contributed by atoms with Gasteiger partial charge in [0.15, 0.2) is 5.82 Å². The van der Waals surface area contributed by atoms with Crippen LogP contribution in [0.25, 0.3) is 11.4 Å². The Hall–Kier alpha value is -3.05. The molecule has 2 saturated heterocycles. The fourth-order valence-electron chi connectivity index (χ4n) is 4.08. The lowest BCUT2D eigenvalue weighted by molar-refractivity contribution is 0.0973. The normalized spacial score (nSPS) is 20.6. The molecule has 0 aromatic carbocycles. The van der Waals surface area contributed by atoms with E-state index in [9.17, 15) is 4.79 Å². The highest BCUT2D eigenvalue weighted by Gasteiger charge is 2.37. The van der Waals surface area contributed by atoms with Crippen molar-refractivity contribution in [2.24, 2.45) is 0 Å². The van der Waals surface area contributed by atoms with Crippen LogP contribution < -0.4 is 14.7 Å². The van der Waals surface area contributed by atoms with Crippen LogP contribution in [0.5, 0.6) is 0 Å². The van der Waals surface area contributed by atoms with Gasteiger partial charge in [-0.25, -0.2) is 29.6 Å². The van der Waals surface area contributed by atoms with Crippen LogP contribution in [0.3, 0.4) is 0 Å². The molecular weight excluding hydrogens is 390 g/mol. The lowest BCUT2D eigenvalue weighted by Crippen LogP contribution is -2.43. The van der Waals surface area contributed by atoms with Crippen LogP contribution in [0.2, 0.25) is 0 Å². The highest BCUT2D eigenvalue weighted by Crippen LogP contribution is 2.39. The van der Waals surface area contributed by atoms with Crippen molar-refractivity contribution in [2.45, 2.75) is 12.5 Å². The number of nitrogens with zero attached hydrogens (tertiary/aromatic N) is 7. The van der Waals surface area contributed by atoms with Gasteiger partial charge in [0.25, 0.3) is 0 Å². The van der Waals surface area contributed by atoms with Crippen LogP contribution >= 0.6 is 0 Å². The van der Waals surface area contributed by atoms with Crippen molar-refractivity contribution in [2.75, 3.05) is 67.8 Å². The Morgan fingerprint density at radius 1 is 1.10 bits per heavy atom. The van der Waals surface area contributed by atoms with E-state index in [0.717, 1.165) is 48.2 Å². The Morgan fingerprint density at radius 2 is 1.80 bits per heavy atom. The van der Waals surface area contributed by atoms with E-state index < -0.39 is 6.09 Å². The van der Waals surface area contributed by atoms with Crippen molar-refractivity contribution < 1.29 is 19.4 Å². The van der Waals surface area contributed by atoms with E-state index in [-0.39, 0.29) is 12.0 Å². The van der Waals surface area contributed by atoms with E-state index >= 15 is 0 Å². The van der Waals surface area contributed by atoms with Gasteiger partial charge in [-0.1, -0.05) is 0 Å². The third-order valence-electron chi connectivity index (χ3n) is 5.70. The van der Waals surface area contributed by atoms with Gasteiger partial charge >= 0.3 is 6.09 Å². The Bertz CT molecular complexity index is 949. The highest BCUT2D eigenvalue weighted by molar-refractivity contribution is 5.82. The Labute approximate surface area is 173 Å². The molecule has 158 valence electrons. The molecule has 2 aromatic rings. The summed E-state index contributed by atoms with van der Waals surface area (Å²) in [6, 6.07) is 0.279. The van der Waals surface area contributed by atoms with Crippen molar-refractivity contribution in [3.63, 3.8) is 0 Å². The third kappa shape index (κ3) is 3.29. The van der Waals surface area contributed by atoms with Crippen LogP contribution in [-0.4, -0.2) is 90.3 Å². The summed E-state index contributed by atoms with van der Waals surface area (Å²) in [5.41, 5.74) is 1.80. The predicted molar refractivity (Wildman–Crippen MR) is 108 cm³/mol. The summed E-state index contributed by atoms with van der Waals surface area (Å²) in [7, 11) is 1.40. The van der Waals surface area contributed by atoms with Crippen molar-refractivity contribution in [1.82, 2.24) is 19.9 Å². The van der Waals surface area contributed by atoms with Crippen LogP contribution in [-0.2, 0) is 15.9 Å². The molecule has 0 unspecified atom stereocenters. The molecule has 2 fully saturated rings. The minimum Gasteiger partial charge on any atom is -0.465 e. The molecule has 30 heavy (non-hydrogen) atoms. The molecule has 5 heterocycles. The number of morpholine rings is 2. The Morgan fingerprint density at radius 3 is 2.53 bits per heavy atom. The van der Waals surface area contributed by atoms with Crippen molar-refractivity contribution in [3.8, 4) is 11.4 Å². The van der Waals surface area contributed by atoms with Gasteiger partial charge in [0.05, 0.1) is 38.0 Å². The molecule has 11 nitrogen and oxygen atoms in total.